The van der Waals surface area contributed by atoms with Gasteiger partial charge in [-0.25, -0.2) is 15.0 Å². The lowest BCUT2D eigenvalue weighted by Gasteiger charge is -2.22. The van der Waals surface area contributed by atoms with E-state index in [-0.39, 0.29) is 5.92 Å². The zero-order chi connectivity index (χ0) is 41.9. The molecule has 0 aliphatic heterocycles. The Morgan fingerprint density at radius 3 is 1.95 bits per heavy atom. The summed E-state index contributed by atoms with van der Waals surface area (Å²) in [4.78, 5) is 16.6. The van der Waals surface area contributed by atoms with Crippen LogP contribution in [0, 0.1) is 0 Å². The van der Waals surface area contributed by atoms with E-state index in [1.165, 1.54) is 48.5 Å². The van der Waals surface area contributed by atoms with Crippen molar-refractivity contribution in [1.29, 1.82) is 0 Å². The molecule has 0 saturated carbocycles. The van der Waals surface area contributed by atoms with E-state index in [1.54, 1.807) is 11.3 Å². The van der Waals surface area contributed by atoms with Crippen molar-refractivity contribution in [3.8, 4) is 45.3 Å². The monoisotopic (exact) mass is 837 g/mol. The predicted octanol–water partition coefficient (Wildman–Crippen LogP) is 15.9. The summed E-state index contributed by atoms with van der Waals surface area (Å²) in [5, 5.41) is 9.04. The average Bonchev–Trinajstić information content (AvgIpc) is 4.02. The maximum absolute atomic E-state index is 6.67. The SMILES string of the molecule is c1ccc2c(c1)-c1cc3ccccc3cc1CCC2c1ccc2oc3ccccc3c2c1-c1nc(-c2cccc3c2oc2ccccc23)nc(-c2cccc3c2sc2ccccc23)n1. The quantitative estimate of drug-likeness (QED) is 0.177. The molecule has 4 aromatic heterocycles. The Balaban J connectivity index is 1.08. The average molecular weight is 838 g/mol. The van der Waals surface area contributed by atoms with Gasteiger partial charge in [-0.2, -0.15) is 0 Å². The van der Waals surface area contributed by atoms with Gasteiger partial charge in [0, 0.05) is 58.8 Å². The minimum absolute atomic E-state index is 0.0215. The van der Waals surface area contributed by atoms with Crippen LogP contribution in [-0.4, -0.2) is 15.0 Å². The van der Waals surface area contributed by atoms with Gasteiger partial charge in [0.1, 0.15) is 22.3 Å². The van der Waals surface area contributed by atoms with Crippen LogP contribution in [0.25, 0.3) is 120 Å². The number of aryl methyl sites for hydroxylation is 1. The second kappa shape index (κ2) is 13.8. The standard InChI is InChI=1S/C58H35N3O2S/c1-2-14-34-32-47-35(31-33(34)13-1)27-28-38(36-15-3-4-16-37(36)47)41-29-30-50-52(44-19-6-9-25-49(44)62-50)53(41)58-60-56(45-22-11-20-42-39-17-5-8-24-48(39)63-54(42)45)59-57(61-58)46-23-12-21-43-40-18-7-10-26-51(40)64-55(43)46/h1-26,29-32,38H,27-28H2. The molecule has 9 aromatic carbocycles. The summed E-state index contributed by atoms with van der Waals surface area (Å²) >= 11 is 1.78. The summed E-state index contributed by atoms with van der Waals surface area (Å²) in [5.74, 6) is 1.79. The molecule has 1 aliphatic rings. The van der Waals surface area contributed by atoms with E-state index in [9.17, 15) is 0 Å². The molecule has 0 bridgehead atoms. The van der Waals surface area contributed by atoms with Gasteiger partial charge >= 0.3 is 0 Å². The van der Waals surface area contributed by atoms with Crippen LogP contribution in [0.5, 0.6) is 0 Å². The Morgan fingerprint density at radius 1 is 0.438 bits per heavy atom. The molecule has 14 rings (SSSR count). The Bertz CT molecular complexity index is 3930. The number of fused-ring (bicyclic) bond motifs is 13. The van der Waals surface area contributed by atoms with Crippen molar-refractivity contribution in [3.05, 3.63) is 199 Å². The minimum atomic E-state index is 0.0215. The predicted molar refractivity (Wildman–Crippen MR) is 263 cm³/mol. The number of para-hydroxylation sites is 3. The number of thiophene rings is 1. The van der Waals surface area contributed by atoms with E-state index >= 15 is 0 Å². The largest absolute Gasteiger partial charge is 0.456 e. The highest BCUT2D eigenvalue weighted by molar-refractivity contribution is 7.26. The van der Waals surface area contributed by atoms with E-state index in [0.717, 1.165) is 83.7 Å². The lowest BCUT2D eigenvalue weighted by atomic mass is 9.82. The molecular weight excluding hydrogens is 803 g/mol. The van der Waals surface area contributed by atoms with Gasteiger partial charge in [-0.05, 0) is 93.9 Å². The molecule has 0 radical (unpaired) electrons. The molecule has 1 unspecified atom stereocenters. The van der Waals surface area contributed by atoms with Crippen molar-refractivity contribution < 1.29 is 8.83 Å². The first-order valence-electron chi connectivity index (χ1n) is 21.8. The normalized spacial score (nSPS) is 14.0. The van der Waals surface area contributed by atoms with Crippen molar-refractivity contribution in [3.63, 3.8) is 0 Å². The van der Waals surface area contributed by atoms with Crippen LogP contribution < -0.4 is 0 Å². The van der Waals surface area contributed by atoms with Crippen LogP contribution in [0.15, 0.2) is 191 Å². The molecule has 5 nitrogen and oxygen atoms in total. The van der Waals surface area contributed by atoms with Crippen LogP contribution in [0.2, 0.25) is 0 Å². The summed E-state index contributed by atoms with van der Waals surface area (Å²) in [6.45, 7) is 0. The molecule has 1 aliphatic carbocycles. The molecule has 13 aromatic rings. The highest BCUT2D eigenvalue weighted by atomic mass is 32.1. The number of aromatic nitrogens is 3. The molecule has 0 N–H and O–H groups in total. The van der Waals surface area contributed by atoms with Crippen molar-refractivity contribution in [1.82, 2.24) is 15.0 Å². The highest BCUT2D eigenvalue weighted by Gasteiger charge is 2.30. The third-order valence-electron chi connectivity index (χ3n) is 13.4. The maximum Gasteiger partial charge on any atom is 0.167 e. The first kappa shape index (κ1) is 35.6. The maximum atomic E-state index is 6.67. The molecule has 0 amide bonds. The summed E-state index contributed by atoms with van der Waals surface area (Å²) in [7, 11) is 0. The summed E-state index contributed by atoms with van der Waals surface area (Å²) in [5.41, 5.74) is 12.3. The number of furan rings is 2. The fourth-order valence-electron chi connectivity index (χ4n) is 10.5. The number of hydrogen-bond acceptors (Lipinski definition) is 6. The molecule has 0 fully saturated rings. The Morgan fingerprint density at radius 2 is 1.08 bits per heavy atom. The van der Waals surface area contributed by atoms with Gasteiger partial charge in [-0.15, -0.1) is 11.3 Å². The van der Waals surface area contributed by atoms with E-state index in [4.69, 9.17) is 23.8 Å². The third kappa shape index (κ3) is 5.33. The van der Waals surface area contributed by atoms with Gasteiger partial charge in [0.15, 0.2) is 17.5 Å². The topological polar surface area (TPSA) is 65.0 Å². The van der Waals surface area contributed by atoms with Crippen LogP contribution >= 0.6 is 11.3 Å². The zero-order valence-electron chi connectivity index (χ0n) is 34.4. The minimum Gasteiger partial charge on any atom is -0.456 e. The highest BCUT2D eigenvalue weighted by Crippen LogP contribution is 2.49. The number of benzene rings is 9. The summed E-state index contributed by atoms with van der Waals surface area (Å²) in [6.07, 6.45) is 1.82. The first-order chi connectivity index (χ1) is 31.7. The van der Waals surface area contributed by atoms with Gasteiger partial charge in [-0.3, -0.25) is 0 Å². The molecule has 0 saturated heterocycles. The van der Waals surface area contributed by atoms with Crippen molar-refractivity contribution in [2.24, 2.45) is 0 Å². The lowest BCUT2D eigenvalue weighted by Crippen LogP contribution is -2.07. The number of nitrogens with zero attached hydrogens (tertiary/aromatic N) is 3. The third-order valence-corrected chi connectivity index (χ3v) is 14.6. The van der Waals surface area contributed by atoms with Gasteiger partial charge in [0.2, 0.25) is 0 Å². The Labute approximate surface area is 370 Å². The number of hydrogen-bond donors (Lipinski definition) is 0. The summed E-state index contributed by atoms with van der Waals surface area (Å²) < 4.78 is 15.7. The molecule has 4 heterocycles. The van der Waals surface area contributed by atoms with Gasteiger partial charge in [0.05, 0.1) is 5.56 Å². The van der Waals surface area contributed by atoms with Crippen LogP contribution in [0.4, 0.5) is 0 Å². The van der Waals surface area contributed by atoms with Crippen molar-refractivity contribution in [2.75, 3.05) is 0 Å². The Kier molecular flexibility index (Phi) is 7.68. The first-order valence-corrected chi connectivity index (χ1v) is 22.7. The second-order valence-corrected chi connectivity index (χ2v) is 18.0. The molecular formula is C58H35N3O2S. The fourth-order valence-corrected chi connectivity index (χ4v) is 11.7. The second-order valence-electron chi connectivity index (χ2n) is 16.9. The fraction of sp³-hybridized carbons (Fsp3) is 0.0517. The summed E-state index contributed by atoms with van der Waals surface area (Å²) in [6, 6.07) is 64.8. The van der Waals surface area contributed by atoms with E-state index in [1.807, 2.05) is 18.2 Å². The molecule has 300 valence electrons. The van der Waals surface area contributed by atoms with Crippen LogP contribution in [-0.2, 0) is 6.42 Å². The lowest BCUT2D eigenvalue weighted by molar-refractivity contribution is 0.668. The van der Waals surface area contributed by atoms with Gasteiger partial charge in [-0.1, -0.05) is 140 Å². The van der Waals surface area contributed by atoms with E-state index in [0.29, 0.717) is 17.5 Å². The van der Waals surface area contributed by atoms with Gasteiger partial charge < -0.3 is 8.83 Å². The molecule has 1 atom stereocenters. The zero-order valence-corrected chi connectivity index (χ0v) is 35.2. The number of rotatable bonds is 4. The van der Waals surface area contributed by atoms with E-state index < -0.39 is 0 Å². The molecule has 6 heteroatoms. The smallest absolute Gasteiger partial charge is 0.167 e. The van der Waals surface area contributed by atoms with E-state index in [2.05, 4.69) is 164 Å². The van der Waals surface area contributed by atoms with Crippen LogP contribution in [0.1, 0.15) is 29.0 Å². The molecule has 64 heavy (non-hydrogen) atoms. The molecule has 0 spiro atoms. The van der Waals surface area contributed by atoms with Crippen molar-refractivity contribution >= 4 is 86.2 Å². The van der Waals surface area contributed by atoms with Crippen molar-refractivity contribution in [2.45, 2.75) is 18.8 Å². The Hall–Kier alpha value is -7.93. The van der Waals surface area contributed by atoms with Gasteiger partial charge in [0.25, 0.3) is 0 Å². The van der Waals surface area contributed by atoms with Crippen LogP contribution in [0.3, 0.4) is 0 Å².